The largest absolute Gasteiger partial charge is 0.285 e. The van der Waals surface area contributed by atoms with Gasteiger partial charge in [-0.25, -0.2) is 0 Å². The molecular formula is C17H9NO2. The molecule has 3 heteroatoms. The van der Waals surface area contributed by atoms with Crippen molar-refractivity contribution in [2.45, 2.75) is 0 Å². The van der Waals surface area contributed by atoms with Gasteiger partial charge in [0, 0.05) is 17.3 Å². The number of benzene rings is 2. The maximum atomic E-state index is 12.4. The van der Waals surface area contributed by atoms with E-state index < -0.39 is 11.6 Å². The molecule has 20 heavy (non-hydrogen) atoms. The zero-order chi connectivity index (χ0) is 13.7. The van der Waals surface area contributed by atoms with Gasteiger partial charge in [-0.3, -0.25) is 14.6 Å². The minimum atomic E-state index is -0.475. The van der Waals surface area contributed by atoms with Crippen LogP contribution >= 0.6 is 0 Å². The zero-order valence-corrected chi connectivity index (χ0v) is 10.5. The molecule has 3 nitrogen and oxygen atoms in total. The van der Waals surface area contributed by atoms with Crippen molar-refractivity contribution in [3.8, 4) is 11.3 Å². The molecular weight excluding hydrogens is 250 g/mol. The van der Waals surface area contributed by atoms with Crippen LogP contribution in [0.5, 0.6) is 0 Å². The maximum absolute atomic E-state index is 12.4. The standard InChI is InChI=1S/C17H9NO2/c19-16-13-6-3-9-18-15(13)12-8-7-10-4-1-2-5-11(10)14(12)17(16)20/h1-9H. The second kappa shape index (κ2) is 3.84. The van der Waals surface area contributed by atoms with Gasteiger partial charge in [0.25, 0.3) is 0 Å². The molecule has 1 aliphatic rings. The van der Waals surface area contributed by atoms with E-state index in [2.05, 4.69) is 4.98 Å². The molecule has 0 aliphatic heterocycles. The van der Waals surface area contributed by atoms with Crippen LogP contribution in [0.15, 0.2) is 54.7 Å². The minimum Gasteiger partial charge on any atom is -0.285 e. The third-order valence-corrected chi connectivity index (χ3v) is 3.67. The zero-order valence-electron chi connectivity index (χ0n) is 10.5. The quantitative estimate of drug-likeness (QED) is 0.582. The molecule has 0 saturated heterocycles. The fraction of sp³-hybridized carbons (Fsp3) is 0. The number of hydrogen-bond donors (Lipinski definition) is 0. The Morgan fingerprint density at radius 2 is 1.60 bits per heavy atom. The van der Waals surface area contributed by atoms with E-state index in [0.717, 1.165) is 16.3 Å². The monoisotopic (exact) mass is 259 g/mol. The van der Waals surface area contributed by atoms with E-state index in [1.165, 1.54) is 0 Å². The highest BCUT2D eigenvalue weighted by atomic mass is 16.2. The second-order valence-corrected chi connectivity index (χ2v) is 4.77. The lowest BCUT2D eigenvalue weighted by atomic mass is 9.84. The van der Waals surface area contributed by atoms with Gasteiger partial charge >= 0.3 is 0 Å². The topological polar surface area (TPSA) is 47.0 Å². The van der Waals surface area contributed by atoms with E-state index in [1.54, 1.807) is 18.3 Å². The van der Waals surface area contributed by atoms with Gasteiger partial charge in [-0.2, -0.15) is 0 Å². The minimum absolute atomic E-state index is 0.389. The van der Waals surface area contributed by atoms with Gasteiger partial charge in [0.05, 0.1) is 11.3 Å². The van der Waals surface area contributed by atoms with Gasteiger partial charge in [0.1, 0.15) is 0 Å². The fourth-order valence-electron chi connectivity index (χ4n) is 2.75. The second-order valence-electron chi connectivity index (χ2n) is 4.77. The molecule has 3 aromatic rings. The van der Waals surface area contributed by atoms with Crippen LogP contribution in [0, 0.1) is 0 Å². The summed E-state index contributed by atoms with van der Waals surface area (Å²) in [5.74, 6) is -0.922. The summed E-state index contributed by atoms with van der Waals surface area (Å²) in [6, 6.07) is 14.7. The van der Waals surface area contributed by atoms with Crippen LogP contribution in [0.2, 0.25) is 0 Å². The van der Waals surface area contributed by atoms with Crippen LogP contribution in [0.3, 0.4) is 0 Å². The summed E-state index contributed by atoms with van der Waals surface area (Å²) in [4.78, 5) is 28.9. The summed E-state index contributed by atoms with van der Waals surface area (Å²) in [6.45, 7) is 0. The first-order chi connectivity index (χ1) is 9.77. The molecule has 2 aromatic carbocycles. The van der Waals surface area contributed by atoms with Crippen molar-refractivity contribution in [2.24, 2.45) is 0 Å². The highest BCUT2D eigenvalue weighted by Gasteiger charge is 2.32. The van der Waals surface area contributed by atoms with E-state index in [4.69, 9.17) is 0 Å². The fourth-order valence-corrected chi connectivity index (χ4v) is 2.75. The average Bonchev–Trinajstić information content (AvgIpc) is 2.51. The van der Waals surface area contributed by atoms with E-state index in [1.807, 2.05) is 36.4 Å². The van der Waals surface area contributed by atoms with Crippen molar-refractivity contribution in [3.05, 3.63) is 65.9 Å². The molecule has 0 fully saturated rings. The van der Waals surface area contributed by atoms with Crippen molar-refractivity contribution < 1.29 is 9.59 Å². The molecule has 1 aliphatic carbocycles. The molecule has 1 heterocycles. The molecule has 0 N–H and O–H groups in total. The van der Waals surface area contributed by atoms with Crippen LogP contribution in [-0.4, -0.2) is 16.6 Å². The smallest absolute Gasteiger partial charge is 0.235 e. The Balaban J connectivity index is 2.19. The Morgan fingerprint density at radius 3 is 2.50 bits per heavy atom. The van der Waals surface area contributed by atoms with Gasteiger partial charge in [-0.15, -0.1) is 0 Å². The van der Waals surface area contributed by atoms with Gasteiger partial charge in [-0.1, -0.05) is 36.4 Å². The van der Waals surface area contributed by atoms with E-state index in [9.17, 15) is 9.59 Å². The lowest BCUT2D eigenvalue weighted by Crippen LogP contribution is -2.22. The third kappa shape index (κ3) is 1.32. The van der Waals surface area contributed by atoms with E-state index >= 15 is 0 Å². The number of aromatic nitrogens is 1. The molecule has 0 bridgehead atoms. The lowest BCUT2D eigenvalue weighted by Gasteiger charge is -2.18. The normalized spacial score (nSPS) is 13.2. The number of carbonyl (C=O) groups excluding carboxylic acids is 2. The molecule has 0 saturated carbocycles. The van der Waals surface area contributed by atoms with Crippen molar-refractivity contribution in [2.75, 3.05) is 0 Å². The summed E-state index contributed by atoms with van der Waals surface area (Å²) in [7, 11) is 0. The Morgan fingerprint density at radius 1 is 0.750 bits per heavy atom. The van der Waals surface area contributed by atoms with Crippen molar-refractivity contribution >= 4 is 22.3 Å². The van der Waals surface area contributed by atoms with Crippen LogP contribution in [0.4, 0.5) is 0 Å². The first kappa shape index (κ1) is 11.1. The molecule has 0 spiro atoms. The summed E-state index contributed by atoms with van der Waals surface area (Å²) in [5, 5.41) is 1.76. The van der Waals surface area contributed by atoms with Crippen LogP contribution in [0.1, 0.15) is 20.7 Å². The van der Waals surface area contributed by atoms with E-state index in [0.29, 0.717) is 16.8 Å². The number of ketones is 2. The summed E-state index contributed by atoms with van der Waals surface area (Å²) >= 11 is 0. The average molecular weight is 259 g/mol. The number of carbonyl (C=O) groups is 2. The predicted octanol–water partition coefficient (Wildman–Crippen LogP) is 3.28. The van der Waals surface area contributed by atoms with Gasteiger partial charge < -0.3 is 0 Å². The maximum Gasteiger partial charge on any atom is 0.235 e. The van der Waals surface area contributed by atoms with Gasteiger partial charge in [0.2, 0.25) is 11.6 Å². The highest BCUT2D eigenvalue weighted by molar-refractivity contribution is 6.54. The number of nitrogens with zero attached hydrogens (tertiary/aromatic N) is 1. The molecule has 4 rings (SSSR count). The Kier molecular flexibility index (Phi) is 2.12. The highest BCUT2D eigenvalue weighted by Crippen LogP contribution is 2.35. The van der Waals surface area contributed by atoms with Crippen molar-refractivity contribution in [1.82, 2.24) is 4.98 Å². The summed E-state index contributed by atoms with van der Waals surface area (Å²) in [6.07, 6.45) is 1.64. The number of fused-ring (bicyclic) bond motifs is 5. The van der Waals surface area contributed by atoms with Crippen molar-refractivity contribution in [3.63, 3.8) is 0 Å². The van der Waals surface area contributed by atoms with Crippen LogP contribution < -0.4 is 0 Å². The van der Waals surface area contributed by atoms with Crippen molar-refractivity contribution in [1.29, 1.82) is 0 Å². The number of hydrogen-bond acceptors (Lipinski definition) is 3. The molecule has 1 aromatic heterocycles. The molecule has 0 amide bonds. The molecule has 0 atom stereocenters. The van der Waals surface area contributed by atoms with Gasteiger partial charge in [-0.05, 0) is 22.9 Å². The summed E-state index contributed by atoms with van der Waals surface area (Å²) < 4.78 is 0. The first-order valence-corrected chi connectivity index (χ1v) is 6.33. The third-order valence-electron chi connectivity index (χ3n) is 3.67. The lowest BCUT2D eigenvalue weighted by molar-refractivity contribution is 0.0816. The molecule has 0 unspecified atom stereocenters. The molecule has 94 valence electrons. The van der Waals surface area contributed by atoms with E-state index in [-0.39, 0.29) is 0 Å². The van der Waals surface area contributed by atoms with Crippen LogP contribution in [0.25, 0.3) is 22.0 Å². The summed E-state index contributed by atoms with van der Waals surface area (Å²) in [5.41, 5.74) is 2.20. The van der Waals surface area contributed by atoms with Crippen LogP contribution in [-0.2, 0) is 0 Å². The van der Waals surface area contributed by atoms with Gasteiger partial charge in [0.15, 0.2) is 0 Å². The Bertz CT molecular complexity index is 896. The Labute approximate surface area is 114 Å². The number of Topliss-reactive ketones (excluding diaryl/α,β-unsaturated/α-hetero) is 2. The SMILES string of the molecule is O=C1C(=O)c2c(ccc3ccccc23)-c2ncccc21. The number of rotatable bonds is 0. The number of pyridine rings is 1. The Hall–Kier alpha value is -2.81. The predicted molar refractivity (Wildman–Crippen MR) is 75.8 cm³/mol. The first-order valence-electron chi connectivity index (χ1n) is 6.33. The molecule has 0 radical (unpaired) electrons.